The first kappa shape index (κ1) is 16.2. The molecule has 0 N–H and O–H groups in total. The maximum absolute atomic E-state index is 14.0. The third-order valence-electron chi connectivity index (χ3n) is 4.82. The van der Waals surface area contributed by atoms with Crippen LogP contribution in [0.25, 0.3) is 17.0 Å². The summed E-state index contributed by atoms with van der Waals surface area (Å²) in [7, 11) is 0. The fourth-order valence-electron chi connectivity index (χ4n) is 3.40. The number of hydrogen-bond donors (Lipinski definition) is 0. The van der Waals surface area contributed by atoms with Crippen LogP contribution >= 0.6 is 11.3 Å². The van der Waals surface area contributed by atoms with Crippen molar-refractivity contribution < 1.29 is 4.39 Å². The third-order valence-corrected chi connectivity index (χ3v) is 5.51. The van der Waals surface area contributed by atoms with Crippen LogP contribution in [-0.2, 0) is 0 Å². The van der Waals surface area contributed by atoms with E-state index in [1.807, 2.05) is 41.1 Å². The van der Waals surface area contributed by atoms with Crippen molar-refractivity contribution in [3.63, 3.8) is 0 Å². The van der Waals surface area contributed by atoms with Gasteiger partial charge in [-0.15, -0.1) is 15.3 Å². The Labute approximate surface area is 159 Å². The maximum atomic E-state index is 14.0. The zero-order valence-electron chi connectivity index (χ0n) is 14.5. The van der Waals surface area contributed by atoms with Crippen LogP contribution in [0.15, 0.2) is 53.2 Å². The van der Waals surface area contributed by atoms with E-state index in [4.69, 9.17) is 5.10 Å². The monoisotopic (exact) mass is 380 g/mol. The lowest BCUT2D eigenvalue weighted by Gasteiger charge is -2.36. The second kappa shape index (κ2) is 6.62. The van der Waals surface area contributed by atoms with Crippen LogP contribution in [0.5, 0.6) is 0 Å². The quantitative estimate of drug-likeness (QED) is 0.546. The Bertz CT molecular complexity index is 1070. The van der Waals surface area contributed by atoms with Gasteiger partial charge in [0.25, 0.3) is 0 Å². The van der Waals surface area contributed by atoms with Gasteiger partial charge < -0.3 is 9.80 Å². The highest BCUT2D eigenvalue weighted by Crippen LogP contribution is 2.24. The Morgan fingerprint density at radius 3 is 2.48 bits per heavy atom. The molecule has 3 aromatic heterocycles. The van der Waals surface area contributed by atoms with E-state index in [-0.39, 0.29) is 5.82 Å². The molecule has 6 nitrogen and oxygen atoms in total. The molecule has 0 amide bonds. The van der Waals surface area contributed by atoms with Crippen molar-refractivity contribution >= 4 is 28.5 Å². The summed E-state index contributed by atoms with van der Waals surface area (Å²) in [5, 5.41) is 17.3. The van der Waals surface area contributed by atoms with Crippen molar-refractivity contribution in [2.45, 2.75) is 0 Å². The number of halogens is 1. The van der Waals surface area contributed by atoms with E-state index in [1.54, 1.807) is 21.9 Å². The summed E-state index contributed by atoms with van der Waals surface area (Å²) in [6, 6.07) is 12.9. The van der Waals surface area contributed by atoms with E-state index in [9.17, 15) is 4.39 Å². The van der Waals surface area contributed by atoms with E-state index in [0.717, 1.165) is 49.0 Å². The van der Waals surface area contributed by atoms with Crippen LogP contribution in [-0.4, -0.2) is 46.0 Å². The van der Waals surface area contributed by atoms with E-state index in [0.29, 0.717) is 5.69 Å². The molecule has 1 fully saturated rings. The molecule has 5 rings (SSSR count). The minimum Gasteiger partial charge on any atom is -0.366 e. The highest BCUT2D eigenvalue weighted by Gasteiger charge is 2.21. The molecule has 1 aromatic carbocycles. The van der Waals surface area contributed by atoms with Crippen LogP contribution in [0.4, 0.5) is 15.9 Å². The van der Waals surface area contributed by atoms with E-state index >= 15 is 0 Å². The van der Waals surface area contributed by atoms with Gasteiger partial charge in [-0.2, -0.15) is 15.9 Å². The number of aromatic nitrogens is 4. The molecule has 0 atom stereocenters. The molecule has 1 aliphatic heterocycles. The van der Waals surface area contributed by atoms with Gasteiger partial charge in [-0.05, 0) is 35.7 Å². The van der Waals surface area contributed by atoms with Gasteiger partial charge in [-0.3, -0.25) is 0 Å². The molecule has 0 radical (unpaired) electrons. The topological polar surface area (TPSA) is 49.6 Å². The molecule has 0 spiro atoms. The Hall–Kier alpha value is -3.00. The number of benzene rings is 1. The van der Waals surface area contributed by atoms with E-state index < -0.39 is 0 Å². The lowest BCUT2D eigenvalue weighted by atomic mass is 10.2. The fraction of sp³-hybridized carbons (Fsp3) is 0.211. The van der Waals surface area contributed by atoms with E-state index in [2.05, 4.69) is 20.0 Å². The van der Waals surface area contributed by atoms with Crippen LogP contribution < -0.4 is 9.80 Å². The number of nitrogens with zero attached hydrogens (tertiary/aromatic N) is 6. The van der Waals surface area contributed by atoms with Crippen molar-refractivity contribution in [3.8, 4) is 11.4 Å². The van der Waals surface area contributed by atoms with Gasteiger partial charge in [0.2, 0.25) is 0 Å². The number of para-hydroxylation sites is 1. The smallest absolute Gasteiger partial charge is 0.186 e. The first-order chi connectivity index (χ1) is 13.3. The Kier molecular flexibility index (Phi) is 3.97. The summed E-state index contributed by atoms with van der Waals surface area (Å²) in [5.41, 5.74) is 2.41. The second-order valence-corrected chi connectivity index (χ2v) is 7.20. The molecule has 1 aliphatic rings. The predicted molar refractivity (Wildman–Crippen MR) is 105 cm³/mol. The fourth-order valence-corrected chi connectivity index (χ4v) is 4.04. The zero-order chi connectivity index (χ0) is 18.2. The summed E-state index contributed by atoms with van der Waals surface area (Å²) in [6.45, 7) is 3.06. The summed E-state index contributed by atoms with van der Waals surface area (Å²) >= 11 is 1.62. The van der Waals surface area contributed by atoms with Gasteiger partial charge >= 0.3 is 0 Å². The molecule has 27 heavy (non-hydrogen) atoms. The zero-order valence-corrected chi connectivity index (χ0v) is 15.3. The van der Waals surface area contributed by atoms with Crippen molar-refractivity contribution in [1.29, 1.82) is 0 Å². The number of piperazine rings is 1. The van der Waals surface area contributed by atoms with Crippen LogP contribution in [0.3, 0.4) is 0 Å². The molecule has 136 valence electrons. The molecule has 0 bridgehead atoms. The first-order valence-electron chi connectivity index (χ1n) is 8.79. The lowest BCUT2D eigenvalue weighted by Crippen LogP contribution is -2.47. The summed E-state index contributed by atoms with van der Waals surface area (Å²) in [5.74, 6) is 1.46. The molecule has 4 aromatic rings. The molecule has 1 saturated heterocycles. The Morgan fingerprint density at radius 2 is 1.70 bits per heavy atom. The molecule has 8 heteroatoms. The number of hydrogen-bond acceptors (Lipinski definition) is 6. The molecular weight excluding hydrogens is 363 g/mol. The minimum absolute atomic E-state index is 0.171. The van der Waals surface area contributed by atoms with Gasteiger partial charge in [0, 0.05) is 37.1 Å². The number of rotatable bonds is 3. The lowest BCUT2D eigenvalue weighted by molar-refractivity contribution is 0.595. The Balaban J connectivity index is 1.39. The molecule has 0 saturated carbocycles. The number of thiophene rings is 1. The summed E-state index contributed by atoms with van der Waals surface area (Å²) in [4.78, 5) is 4.30. The van der Waals surface area contributed by atoms with Gasteiger partial charge in [-0.25, -0.2) is 4.39 Å². The van der Waals surface area contributed by atoms with Crippen molar-refractivity contribution in [3.05, 3.63) is 59.0 Å². The van der Waals surface area contributed by atoms with Crippen LogP contribution in [0.2, 0.25) is 0 Å². The van der Waals surface area contributed by atoms with Gasteiger partial charge in [0.05, 0.1) is 5.69 Å². The summed E-state index contributed by atoms with van der Waals surface area (Å²) < 4.78 is 15.8. The van der Waals surface area contributed by atoms with Gasteiger partial charge in [0.1, 0.15) is 11.6 Å². The first-order valence-corrected chi connectivity index (χ1v) is 9.73. The maximum Gasteiger partial charge on any atom is 0.186 e. The standard InChI is InChI=1S/C19H17FN6S/c20-15-3-1-2-4-16(15)24-8-10-25(11-9-24)18-6-5-17-21-22-19(26(17)23-18)14-7-12-27-13-14/h1-7,12-13H,8-11H2. The van der Waals surface area contributed by atoms with Gasteiger partial charge in [0.15, 0.2) is 11.5 Å². The van der Waals surface area contributed by atoms with E-state index in [1.165, 1.54) is 6.07 Å². The molecular formula is C19H17FN6S. The minimum atomic E-state index is -0.171. The van der Waals surface area contributed by atoms with Crippen LogP contribution in [0.1, 0.15) is 0 Å². The van der Waals surface area contributed by atoms with Crippen molar-refractivity contribution in [1.82, 2.24) is 19.8 Å². The SMILES string of the molecule is Fc1ccccc1N1CCN(c2ccc3nnc(-c4ccsc4)n3n2)CC1. The third kappa shape index (κ3) is 2.91. The van der Waals surface area contributed by atoms with Crippen molar-refractivity contribution in [2.24, 2.45) is 0 Å². The predicted octanol–water partition coefficient (Wildman–Crippen LogP) is 3.32. The molecule has 0 aliphatic carbocycles. The highest BCUT2D eigenvalue weighted by molar-refractivity contribution is 7.08. The van der Waals surface area contributed by atoms with Crippen molar-refractivity contribution in [2.75, 3.05) is 36.0 Å². The average molecular weight is 380 g/mol. The molecule has 4 heterocycles. The highest BCUT2D eigenvalue weighted by atomic mass is 32.1. The largest absolute Gasteiger partial charge is 0.366 e. The number of fused-ring (bicyclic) bond motifs is 1. The average Bonchev–Trinajstić information content (AvgIpc) is 3.37. The summed E-state index contributed by atoms with van der Waals surface area (Å²) in [6.07, 6.45) is 0. The molecule has 0 unspecified atom stereocenters. The Morgan fingerprint density at radius 1 is 0.889 bits per heavy atom. The normalized spacial score (nSPS) is 14.9. The second-order valence-electron chi connectivity index (χ2n) is 6.42. The van der Waals surface area contributed by atoms with Crippen LogP contribution in [0, 0.1) is 5.82 Å². The number of anilines is 2. The van der Waals surface area contributed by atoms with Gasteiger partial charge in [-0.1, -0.05) is 12.1 Å².